The molecule has 0 aliphatic rings. The monoisotopic (exact) mass is 242 g/mol. The summed E-state index contributed by atoms with van der Waals surface area (Å²) in [7, 11) is 0. The molecule has 0 aromatic carbocycles. The number of aromatic nitrogens is 2. The van der Waals surface area contributed by atoms with Gasteiger partial charge in [-0.25, -0.2) is 0 Å². The Hall–Kier alpha value is -1.96. The normalized spacial score (nSPS) is 10.2. The highest BCUT2D eigenvalue weighted by Crippen LogP contribution is 2.10. The molecule has 1 aromatic heterocycles. The van der Waals surface area contributed by atoms with Crippen LogP contribution in [0.2, 0.25) is 0 Å². The minimum absolute atomic E-state index is 0.110. The second-order valence-corrected chi connectivity index (χ2v) is 3.42. The highest BCUT2D eigenvalue weighted by atomic mass is 16.6. The third-order valence-corrected chi connectivity index (χ3v) is 2.16. The average Bonchev–Trinajstić information content (AvgIpc) is 2.65. The van der Waals surface area contributed by atoms with E-state index in [0.29, 0.717) is 12.4 Å². The molecule has 0 saturated carbocycles. The van der Waals surface area contributed by atoms with Crippen LogP contribution >= 0.6 is 0 Å². The molecule has 94 valence electrons. The van der Waals surface area contributed by atoms with Gasteiger partial charge in [0, 0.05) is 26.4 Å². The SMILES string of the molecule is Cc1nc([N+](=O)[O-])cn1CCC(=O)NCCO. The van der Waals surface area contributed by atoms with E-state index in [2.05, 4.69) is 10.3 Å². The van der Waals surface area contributed by atoms with E-state index in [9.17, 15) is 14.9 Å². The summed E-state index contributed by atoms with van der Waals surface area (Å²) in [5.41, 5.74) is 0. The molecule has 0 fully saturated rings. The van der Waals surface area contributed by atoms with Crippen LogP contribution in [0.3, 0.4) is 0 Å². The number of hydrogen-bond donors (Lipinski definition) is 2. The number of aryl methyl sites for hydroxylation is 2. The van der Waals surface area contributed by atoms with E-state index >= 15 is 0 Å². The molecule has 8 nitrogen and oxygen atoms in total. The molecule has 2 N–H and O–H groups in total. The number of rotatable bonds is 6. The Morgan fingerprint density at radius 3 is 2.94 bits per heavy atom. The second kappa shape index (κ2) is 5.94. The molecule has 0 atom stereocenters. The summed E-state index contributed by atoms with van der Waals surface area (Å²) in [5, 5.41) is 21.5. The standard InChI is InChI=1S/C9H14N4O4/c1-7-11-8(13(16)17)6-12(7)4-2-9(15)10-3-5-14/h6,14H,2-5H2,1H3,(H,10,15). The van der Waals surface area contributed by atoms with E-state index in [-0.39, 0.29) is 31.3 Å². The predicted octanol–water partition coefficient (Wildman–Crippen LogP) is -0.402. The Kier molecular flexibility index (Phi) is 4.58. The Bertz CT molecular complexity index is 415. The zero-order valence-electron chi connectivity index (χ0n) is 9.42. The van der Waals surface area contributed by atoms with Crippen molar-refractivity contribution in [1.82, 2.24) is 14.9 Å². The van der Waals surface area contributed by atoms with Crippen molar-refractivity contribution in [1.29, 1.82) is 0 Å². The molecule has 1 rings (SSSR count). The first-order valence-corrected chi connectivity index (χ1v) is 5.10. The first-order chi connectivity index (χ1) is 8.04. The molecule has 0 aliphatic heterocycles. The van der Waals surface area contributed by atoms with Crippen LogP contribution in [0.1, 0.15) is 12.2 Å². The van der Waals surface area contributed by atoms with Crippen LogP contribution in [-0.2, 0) is 11.3 Å². The number of aliphatic hydroxyl groups excluding tert-OH is 1. The predicted molar refractivity (Wildman–Crippen MR) is 58.3 cm³/mol. The number of imidazole rings is 1. The highest BCUT2D eigenvalue weighted by Gasteiger charge is 2.15. The lowest BCUT2D eigenvalue weighted by molar-refractivity contribution is -0.389. The molecule has 0 bridgehead atoms. The number of aliphatic hydroxyl groups is 1. The van der Waals surface area contributed by atoms with Crippen molar-refractivity contribution in [3.05, 3.63) is 22.1 Å². The van der Waals surface area contributed by atoms with Gasteiger partial charge in [0.2, 0.25) is 11.7 Å². The van der Waals surface area contributed by atoms with Crippen LogP contribution < -0.4 is 5.32 Å². The topological polar surface area (TPSA) is 110 Å². The fraction of sp³-hybridized carbons (Fsp3) is 0.556. The van der Waals surface area contributed by atoms with Crippen molar-refractivity contribution in [2.75, 3.05) is 13.2 Å². The van der Waals surface area contributed by atoms with Crippen molar-refractivity contribution in [3.8, 4) is 0 Å². The minimum atomic E-state index is -0.574. The first kappa shape index (κ1) is 13.1. The van der Waals surface area contributed by atoms with Crippen LogP contribution in [0.25, 0.3) is 0 Å². The molecule has 0 saturated heterocycles. The van der Waals surface area contributed by atoms with E-state index < -0.39 is 4.92 Å². The van der Waals surface area contributed by atoms with E-state index in [1.807, 2.05) is 0 Å². The zero-order valence-corrected chi connectivity index (χ0v) is 9.42. The van der Waals surface area contributed by atoms with Gasteiger partial charge < -0.3 is 25.1 Å². The minimum Gasteiger partial charge on any atom is -0.395 e. The lowest BCUT2D eigenvalue weighted by Crippen LogP contribution is -2.27. The molecule has 1 amide bonds. The number of hydrogen-bond acceptors (Lipinski definition) is 5. The molecule has 0 radical (unpaired) electrons. The number of nitro groups is 1. The lowest BCUT2D eigenvalue weighted by atomic mass is 10.4. The molecule has 1 aromatic rings. The Morgan fingerprint density at radius 1 is 1.71 bits per heavy atom. The highest BCUT2D eigenvalue weighted by molar-refractivity contribution is 5.75. The molecule has 0 spiro atoms. The van der Waals surface area contributed by atoms with Gasteiger partial charge in [0.25, 0.3) is 0 Å². The van der Waals surface area contributed by atoms with E-state index in [4.69, 9.17) is 5.11 Å². The number of carbonyl (C=O) groups is 1. The van der Waals surface area contributed by atoms with Crippen molar-refractivity contribution in [2.45, 2.75) is 19.9 Å². The summed E-state index contributed by atoms with van der Waals surface area (Å²) < 4.78 is 1.55. The Balaban J connectivity index is 2.51. The molecule has 0 unspecified atom stereocenters. The number of amides is 1. The van der Waals surface area contributed by atoms with Crippen molar-refractivity contribution >= 4 is 11.7 Å². The fourth-order valence-electron chi connectivity index (χ4n) is 1.31. The van der Waals surface area contributed by atoms with Gasteiger partial charge in [0.15, 0.2) is 0 Å². The summed E-state index contributed by atoms with van der Waals surface area (Å²) in [6, 6.07) is 0. The molecule has 1 heterocycles. The maximum Gasteiger partial charge on any atom is 0.381 e. The molecular weight excluding hydrogens is 228 g/mol. The van der Waals surface area contributed by atoms with Crippen LogP contribution in [0.15, 0.2) is 6.20 Å². The Labute approximate surface area is 97.4 Å². The molecule has 0 aliphatic carbocycles. The number of carbonyl (C=O) groups excluding carboxylic acids is 1. The van der Waals surface area contributed by atoms with Gasteiger partial charge in [0.05, 0.1) is 6.61 Å². The zero-order chi connectivity index (χ0) is 12.8. The van der Waals surface area contributed by atoms with E-state index in [0.717, 1.165) is 0 Å². The summed E-state index contributed by atoms with van der Waals surface area (Å²) >= 11 is 0. The maximum atomic E-state index is 11.2. The van der Waals surface area contributed by atoms with Gasteiger partial charge in [-0.3, -0.25) is 4.79 Å². The van der Waals surface area contributed by atoms with E-state index in [1.165, 1.54) is 6.20 Å². The largest absolute Gasteiger partial charge is 0.395 e. The van der Waals surface area contributed by atoms with Crippen molar-refractivity contribution in [2.24, 2.45) is 0 Å². The van der Waals surface area contributed by atoms with Crippen molar-refractivity contribution in [3.63, 3.8) is 0 Å². The third-order valence-electron chi connectivity index (χ3n) is 2.16. The van der Waals surface area contributed by atoms with Crippen LogP contribution in [-0.4, -0.2) is 38.6 Å². The second-order valence-electron chi connectivity index (χ2n) is 3.42. The Morgan fingerprint density at radius 2 is 2.41 bits per heavy atom. The summed E-state index contributed by atoms with van der Waals surface area (Å²) in [5.74, 6) is 0.0553. The molecule has 17 heavy (non-hydrogen) atoms. The smallest absolute Gasteiger partial charge is 0.381 e. The molecule has 8 heteroatoms. The van der Waals surface area contributed by atoms with Crippen LogP contribution in [0.5, 0.6) is 0 Å². The van der Waals surface area contributed by atoms with Gasteiger partial charge >= 0.3 is 5.82 Å². The van der Waals surface area contributed by atoms with Crippen LogP contribution in [0.4, 0.5) is 5.82 Å². The lowest BCUT2D eigenvalue weighted by Gasteiger charge is -2.03. The van der Waals surface area contributed by atoms with Gasteiger partial charge in [-0.05, 0) is 9.91 Å². The quantitative estimate of drug-likeness (QED) is 0.521. The summed E-state index contributed by atoms with van der Waals surface area (Å²) in [6.07, 6.45) is 1.49. The fourth-order valence-corrected chi connectivity index (χ4v) is 1.31. The van der Waals surface area contributed by atoms with E-state index in [1.54, 1.807) is 11.5 Å². The van der Waals surface area contributed by atoms with Gasteiger partial charge in [0.1, 0.15) is 6.20 Å². The first-order valence-electron chi connectivity index (χ1n) is 5.10. The van der Waals surface area contributed by atoms with Gasteiger partial charge in [-0.2, -0.15) is 0 Å². The number of nitrogens with zero attached hydrogens (tertiary/aromatic N) is 3. The van der Waals surface area contributed by atoms with Crippen molar-refractivity contribution < 1.29 is 14.8 Å². The summed E-state index contributed by atoms with van der Waals surface area (Å²) in [6.45, 7) is 2.06. The summed E-state index contributed by atoms with van der Waals surface area (Å²) in [4.78, 5) is 24.9. The molecular formula is C9H14N4O4. The third kappa shape index (κ3) is 3.83. The van der Waals surface area contributed by atoms with Gasteiger partial charge in [-0.15, -0.1) is 0 Å². The van der Waals surface area contributed by atoms with Gasteiger partial charge in [-0.1, -0.05) is 0 Å². The maximum absolute atomic E-state index is 11.2. The number of nitrogens with one attached hydrogen (secondary N) is 1. The van der Waals surface area contributed by atoms with Crippen LogP contribution in [0, 0.1) is 17.0 Å². The average molecular weight is 242 g/mol.